The van der Waals surface area contributed by atoms with E-state index in [1.807, 2.05) is 31.2 Å². The quantitative estimate of drug-likeness (QED) is 0.189. The third-order valence-electron chi connectivity index (χ3n) is 4.99. The van der Waals surface area contributed by atoms with Crippen molar-refractivity contribution < 1.29 is 13.9 Å². The zero-order chi connectivity index (χ0) is 20.5. The van der Waals surface area contributed by atoms with Crippen LogP contribution in [0.25, 0.3) is 0 Å². The molecular weight excluding hydrogens is 387 g/mol. The Morgan fingerprint density at radius 3 is 1.64 bits per heavy atom. The topological polar surface area (TPSA) is 38.7 Å². The molecule has 1 aromatic carbocycles. The molecule has 0 radical (unpaired) electrons. The van der Waals surface area contributed by atoms with Crippen molar-refractivity contribution in [1.29, 1.82) is 0 Å². The van der Waals surface area contributed by atoms with Crippen LogP contribution in [0, 0.1) is 6.92 Å². The highest BCUT2D eigenvalue weighted by Crippen LogP contribution is 2.44. The largest absolute Gasteiger partial charge is 0.424 e. The predicted molar refractivity (Wildman–Crippen MR) is 125 cm³/mol. The monoisotopic (exact) mass is 428 g/mol. The Bertz CT molecular complexity index is 533. The first-order valence-corrected chi connectivity index (χ1v) is 13.9. The molecule has 5 heteroatoms. The van der Waals surface area contributed by atoms with Gasteiger partial charge >= 0.3 is 6.72 Å². The van der Waals surface area contributed by atoms with Gasteiger partial charge < -0.3 is 9.42 Å². The lowest BCUT2D eigenvalue weighted by Crippen LogP contribution is -1.99. The van der Waals surface area contributed by atoms with Gasteiger partial charge in [-0.2, -0.15) is 0 Å². The molecule has 0 bridgehead atoms. The van der Waals surface area contributed by atoms with Crippen LogP contribution in [0.1, 0.15) is 102 Å². The summed E-state index contributed by atoms with van der Waals surface area (Å²) in [5.74, 6) is 0.567. The van der Waals surface area contributed by atoms with Crippen molar-refractivity contribution in [2.24, 2.45) is 0 Å². The summed E-state index contributed by atoms with van der Waals surface area (Å²) in [6.45, 7) is 1.56. The number of hydrogen-bond acceptors (Lipinski definition) is 3. The molecule has 0 saturated carbocycles. The second-order valence-electron chi connectivity index (χ2n) is 7.80. The van der Waals surface area contributed by atoms with Crippen molar-refractivity contribution in [2.45, 2.75) is 104 Å². The molecule has 3 nitrogen and oxygen atoms in total. The third kappa shape index (κ3) is 14.6. The lowest BCUT2D eigenvalue weighted by molar-refractivity contribution is 0.250. The molecule has 1 rings (SSSR count). The average Bonchev–Trinajstić information content (AvgIpc) is 2.66. The van der Waals surface area contributed by atoms with E-state index in [2.05, 4.69) is 6.92 Å². The van der Waals surface area contributed by atoms with Gasteiger partial charge in [-0.1, -0.05) is 108 Å². The summed E-state index contributed by atoms with van der Waals surface area (Å²) in [6, 6.07) is 7.47. The number of unbranched alkanes of at least 4 members (excludes halogenated alkanes) is 13. The molecule has 28 heavy (non-hydrogen) atoms. The lowest BCUT2D eigenvalue weighted by Gasteiger charge is -2.16. The molecule has 0 saturated heterocycles. The number of rotatable bonds is 18. The SMILES string of the molecule is CCCCCCCCCCCCCCCCOP(O)(=S)Oc1ccc(C)cc1. The van der Waals surface area contributed by atoms with E-state index in [1.165, 1.54) is 77.0 Å². The molecule has 1 N–H and O–H groups in total. The highest BCUT2D eigenvalue weighted by atomic mass is 32.5. The molecule has 1 unspecified atom stereocenters. The maximum Gasteiger partial charge on any atom is 0.377 e. The first kappa shape index (κ1) is 25.6. The van der Waals surface area contributed by atoms with Crippen LogP contribution in [0.3, 0.4) is 0 Å². The maximum absolute atomic E-state index is 10.1. The second kappa shape index (κ2) is 16.4. The van der Waals surface area contributed by atoms with Gasteiger partial charge in [0.2, 0.25) is 0 Å². The molecule has 0 aliphatic rings. The Hall–Kier alpha value is -0.410. The zero-order valence-corrected chi connectivity index (χ0v) is 19.7. The van der Waals surface area contributed by atoms with Gasteiger partial charge in [-0.25, -0.2) is 0 Å². The van der Waals surface area contributed by atoms with Crippen molar-refractivity contribution in [3.8, 4) is 5.75 Å². The Kier molecular flexibility index (Phi) is 15.0. The van der Waals surface area contributed by atoms with Crippen LogP contribution >= 0.6 is 6.72 Å². The smallest absolute Gasteiger partial charge is 0.377 e. The van der Waals surface area contributed by atoms with Crippen molar-refractivity contribution in [3.05, 3.63) is 29.8 Å². The van der Waals surface area contributed by atoms with E-state index in [9.17, 15) is 4.89 Å². The standard InChI is InChI=1S/C23H41O3PS/c1-3-4-5-6-7-8-9-10-11-12-13-14-15-16-21-25-27(24,28)26-23-19-17-22(2)18-20-23/h17-20H,3-16,21H2,1-2H3,(H,24,28). The van der Waals surface area contributed by atoms with Crippen LogP contribution in [0.4, 0.5) is 0 Å². The minimum absolute atomic E-state index is 0.470. The van der Waals surface area contributed by atoms with Crippen molar-refractivity contribution in [3.63, 3.8) is 0 Å². The minimum Gasteiger partial charge on any atom is -0.424 e. The third-order valence-corrected chi connectivity index (χ3v) is 6.48. The van der Waals surface area contributed by atoms with Crippen LogP contribution < -0.4 is 4.52 Å². The molecule has 1 atom stereocenters. The Labute approximate surface area is 178 Å². The summed E-state index contributed by atoms with van der Waals surface area (Å²) in [5, 5.41) is 0. The lowest BCUT2D eigenvalue weighted by atomic mass is 10.0. The summed E-state index contributed by atoms with van der Waals surface area (Å²) in [5.41, 5.74) is 1.14. The van der Waals surface area contributed by atoms with E-state index in [-0.39, 0.29) is 0 Å². The van der Waals surface area contributed by atoms with Crippen LogP contribution in [0.5, 0.6) is 5.75 Å². The van der Waals surface area contributed by atoms with E-state index in [1.54, 1.807) is 0 Å². The van der Waals surface area contributed by atoms with E-state index in [0.29, 0.717) is 12.4 Å². The van der Waals surface area contributed by atoms with Crippen molar-refractivity contribution in [2.75, 3.05) is 6.61 Å². The van der Waals surface area contributed by atoms with E-state index in [0.717, 1.165) is 18.4 Å². The molecular formula is C23H41O3PS. The van der Waals surface area contributed by atoms with E-state index >= 15 is 0 Å². The van der Waals surface area contributed by atoms with Gasteiger partial charge in [-0.3, -0.25) is 4.52 Å². The van der Waals surface area contributed by atoms with Gasteiger partial charge in [-0.15, -0.1) is 0 Å². The van der Waals surface area contributed by atoms with Crippen LogP contribution in [-0.4, -0.2) is 11.5 Å². The molecule has 1 aromatic rings. The number of benzene rings is 1. The van der Waals surface area contributed by atoms with E-state index in [4.69, 9.17) is 20.9 Å². The Morgan fingerprint density at radius 1 is 0.750 bits per heavy atom. The normalized spacial score (nSPS) is 13.4. The van der Waals surface area contributed by atoms with Crippen LogP contribution in [0.15, 0.2) is 24.3 Å². The first-order valence-electron chi connectivity index (χ1n) is 11.3. The summed E-state index contributed by atoms with van der Waals surface area (Å²) >= 11 is 5.08. The Morgan fingerprint density at radius 2 is 1.18 bits per heavy atom. The second-order valence-corrected chi connectivity index (χ2v) is 10.6. The fourth-order valence-electron chi connectivity index (χ4n) is 3.24. The van der Waals surface area contributed by atoms with Gasteiger partial charge in [0.25, 0.3) is 0 Å². The van der Waals surface area contributed by atoms with Gasteiger partial charge in [0.1, 0.15) is 5.75 Å². The van der Waals surface area contributed by atoms with Crippen LogP contribution in [0.2, 0.25) is 0 Å². The fourth-order valence-corrected chi connectivity index (χ4v) is 4.52. The summed E-state index contributed by atoms with van der Waals surface area (Å²) in [6.07, 6.45) is 18.5. The molecule has 0 aliphatic carbocycles. The minimum atomic E-state index is -3.18. The van der Waals surface area contributed by atoms with Crippen LogP contribution in [-0.2, 0) is 16.3 Å². The molecule has 0 amide bonds. The molecule has 0 aromatic heterocycles. The molecule has 162 valence electrons. The highest BCUT2D eigenvalue weighted by molar-refractivity contribution is 8.07. The summed E-state index contributed by atoms with van der Waals surface area (Å²) < 4.78 is 10.9. The summed E-state index contributed by atoms with van der Waals surface area (Å²) in [7, 11) is 0. The van der Waals surface area contributed by atoms with Gasteiger partial charge in [0.05, 0.1) is 6.61 Å². The predicted octanol–water partition coefficient (Wildman–Crippen LogP) is 8.09. The maximum atomic E-state index is 10.1. The average molecular weight is 429 g/mol. The van der Waals surface area contributed by atoms with Gasteiger partial charge in [-0.05, 0) is 25.5 Å². The number of hydrogen-bond donors (Lipinski definition) is 1. The first-order chi connectivity index (χ1) is 13.5. The van der Waals surface area contributed by atoms with Gasteiger partial charge in [0.15, 0.2) is 0 Å². The van der Waals surface area contributed by atoms with E-state index < -0.39 is 6.72 Å². The van der Waals surface area contributed by atoms with Gasteiger partial charge in [0, 0.05) is 11.8 Å². The molecule has 0 fully saturated rings. The number of aryl methyl sites for hydroxylation is 1. The molecule has 0 spiro atoms. The molecule has 0 aliphatic heterocycles. The molecule has 0 heterocycles. The summed E-state index contributed by atoms with van der Waals surface area (Å²) in [4.78, 5) is 10.1. The van der Waals surface area contributed by atoms with Crippen molar-refractivity contribution in [1.82, 2.24) is 0 Å². The zero-order valence-electron chi connectivity index (χ0n) is 18.0. The van der Waals surface area contributed by atoms with Crippen molar-refractivity contribution >= 4 is 18.5 Å². The fraction of sp³-hybridized carbons (Fsp3) is 0.739. The highest BCUT2D eigenvalue weighted by Gasteiger charge is 2.16. The Balaban J connectivity index is 1.89.